The zero-order valence-electron chi connectivity index (χ0n) is 20.1. The molecule has 0 saturated carbocycles. The van der Waals surface area contributed by atoms with Crippen molar-refractivity contribution in [2.75, 3.05) is 25.1 Å². The average Bonchev–Trinajstić information content (AvgIpc) is 3.17. The van der Waals surface area contributed by atoms with Gasteiger partial charge in [0.25, 0.3) is 11.8 Å². The molecule has 2 aliphatic heterocycles. The predicted octanol–water partition coefficient (Wildman–Crippen LogP) is 3.42. The monoisotopic (exact) mass is 484 g/mol. The summed E-state index contributed by atoms with van der Waals surface area (Å²) in [4.78, 5) is 46.9. The van der Waals surface area contributed by atoms with E-state index in [0.717, 1.165) is 36.3 Å². The minimum absolute atomic E-state index is 0.0279. The maximum absolute atomic E-state index is 13.4. The fourth-order valence-electron chi connectivity index (χ4n) is 4.98. The van der Waals surface area contributed by atoms with E-state index in [4.69, 9.17) is 4.74 Å². The lowest BCUT2D eigenvalue weighted by Gasteiger charge is -2.34. The van der Waals surface area contributed by atoms with Crippen LogP contribution in [0.25, 0.3) is 0 Å². The molecule has 184 valence electrons. The van der Waals surface area contributed by atoms with Crippen molar-refractivity contribution in [2.45, 2.75) is 25.9 Å². The number of piperidine rings is 1. The summed E-state index contributed by atoms with van der Waals surface area (Å²) in [5.74, 6) is -0.103. The molecule has 1 fully saturated rings. The number of carbonyl (C=O) groups excluding carboxylic acids is 3. The smallest absolute Gasteiger partial charge is 0.263 e. The molecule has 1 saturated heterocycles. The number of ether oxygens (including phenoxy) is 1. The Kier molecular flexibility index (Phi) is 6.66. The van der Waals surface area contributed by atoms with E-state index in [1.807, 2.05) is 30.3 Å². The number of methoxy groups -OCH3 is 1. The van der Waals surface area contributed by atoms with Crippen LogP contribution in [-0.2, 0) is 17.9 Å². The van der Waals surface area contributed by atoms with Crippen LogP contribution in [0.15, 0.2) is 67.0 Å². The molecule has 0 spiro atoms. The fraction of sp³-hybridized carbons (Fsp3) is 0.286. The van der Waals surface area contributed by atoms with Crippen LogP contribution in [-0.4, -0.2) is 47.8 Å². The van der Waals surface area contributed by atoms with Crippen molar-refractivity contribution in [1.29, 1.82) is 0 Å². The van der Waals surface area contributed by atoms with Crippen LogP contribution in [0.4, 0.5) is 5.69 Å². The Hall–Kier alpha value is -4.20. The van der Waals surface area contributed by atoms with E-state index < -0.39 is 0 Å². The summed E-state index contributed by atoms with van der Waals surface area (Å²) in [5, 5.41) is 3.04. The maximum atomic E-state index is 13.4. The molecule has 3 aromatic rings. The fourth-order valence-corrected chi connectivity index (χ4v) is 4.98. The molecule has 3 amide bonds. The topological polar surface area (TPSA) is 91.8 Å². The van der Waals surface area contributed by atoms with Crippen LogP contribution in [0.5, 0.6) is 5.75 Å². The highest BCUT2D eigenvalue weighted by atomic mass is 16.5. The molecule has 5 rings (SSSR count). The number of fused-ring (bicyclic) bond motifs is 1. The number of hydrogen-bond acceptors (Lipinski definition) is 6. The molecule has 36 heavy (non-hydrogen) atoms. The van der Waals surface area contributed by atoms with Gasteiger partial charge in [-0.15, -0.1) is 0 Å². The minimum atomic E-state index is -0.301. The number of imide groups is 1. The van der Waals surface area contributed by atoms with Crippen molar-refractivity contribution in [1.82, 2.24) is 15.2 Å². The highest BCUT2D eigenvalue weighted by molar-refractivity contribution is 6.23. The van der Waals surface area contributed by atoms with Crippen molar-refractivity contribution >= 4 is 23.4 Å². The first kappa shape index (κ1) is 23.5. The van der Waals surface area contributed by atoms with Crippen molar-refractivity contribution in [3.63, 3.8) is 0 Å². The lowest BCUT2D eigenvalue weighted by molar-refractivity contribution is -0.125. The first-order chi connectivity index (χ1) is 17.6. The van der Waals surface area contributed by atoms with Gasteiger partial charge in [0.2, 0.25) is 5.91 Å². The Morgan fingerprint density at radius 3 is 2.67 bits per heavy atom. The minimum Gasteiger partial charge on any atom is -0.496 e. The van der Waals surface area contributed by atoms with Gasteiger partial charge in [-0.1, -0.05) is 24.3 Å². The number of nitrogens with zero attached hydrogens (tertiary/aromatic N) is 3. The van der Waals surface area contributed by atoms with Gasteiger partial charge in [0, 0.05) is 37.6 Å². The molecule has 1 N–H and O–H groups in total. The molecular weight excluding hydrogens is 456 g/mol. The summed E-state index contributed by atoms with van der Waals surface area (Å²) in [6.07, 6.45) is 4.88. The van der Waals surface area contributed by atoms with Gasteiger partial charge in [-0.2, -0.15) is 0 Å². The van der Waals surface area contributed by atoms with Gasteiger partial charge in [-0.3, -0.25) is 24.3 Å². The molecule has 0 unspecified atom stereocenters. The van der Waals surface area contributed by atoms with Crippen molar-refractivity contribution in [2.24, 2.45) is 5.92 Å². The van der Waals surface area contributed by atoms with Crippen LogP contribution >= 0.6 is 0 Å². The molecule has 0 bridgehead atoms. The van der Waals surface area contributed by atoms with Crippen LogP contribution in [0.3, 0.4) is 0 Å². The predicted molar refractivity (Wildman–Crippen MR) is 135 cm³/mol. The van der Waals surface area contributed by atoms with Gasteiger partial charge < -0.3 is 15.0 Å². The largest absolute Gasteiger partial charge is 0.496 e. The van der Waals surface area contributed by atoms with Gasteiger partial charge in [0.15, 0.2) is 0 Å². The van der Waals surface area contributed by atoms with E-state index in [-0.39, 0.29) is 30.2 Å². The summed E-state index contributed by atoms with van der Waals surface area (Å²) < 4.78 is 5.38. The maximum Gasteiger partial charge on any atom is 0.263 e. The third kappa shape index (κ3) is 4.54. The number of nitrogens with one attached hydrogen (secondary N) is 1. The molecule has 8 nitrogen and oxygen atoms in total. The average molecular weight is 485 g/mol. The van der Waals surface area contributed by atoms with Gasteiger partial charge >= 0.3 is 0 Å². The van der Waals surface area contributed by atoms with E-state index in [0.29, 0.717) is 29.9 Å². The number of anilines is 1. The van der Waals surface area contributed by atoms with E-state index in [1.165, 1.54) is 4.90 Å². The quantitative estimate of drug-likeness (QED) is 0.517. The zero-order valence-corrected chi connectivity index (χ0v) is 20.1. The first-order valence-electron chi connectivity index (χ1n) is 12.1. The number of rotatable bonds is 7. The van der Waals surface area contributed by atoms with Crippen LogP contribution in [0.1, 0.15) is 44.7 Å². The van der Waals surface area contributed by atoms with Gasteiger partial charge in [0.1, 0.15) is 5.75 Å². The molecule has 2 aromatic carbocycles. The summed E-state index contributed by atoms with van der Waals surface area (Å²) in [6.45, 7) is 1.79. The second kappa shape index (κ2) is 10.2. The number of carbonyl (C=O) groups is 3. The lowest BCUT2D eigenvalue weighted by atomic mass is 9.95. The summed E-state index contributed by atoms with van der Waals surface area (Å²) in [6, 6.07) is 16.6. The molecule has 1 aromatic heterocycles. The van der Waals surface area contributed by atoms with E-state index in [1.54, 1.807) is 43.8 Å². The number of amides is 3. The highest BCUT2D eigenvalue weighted by Gasteiger charge is 2.39. The molecule has 8 heteroatoms. The van der Waals surface area contributed by atoms with E-state index >= 15 is 0 Å². The summed E-state index contributed by atoms with van der Waals surface area (Å²) in [7, 11) is 1.61. The summed E-state index contributed by atoms with van der Waals surface area (Å²) >= 11 is 0. The summed E-state index contributed by atoms with van der Waals surface area (Å²) in [5.41, 5.74) is 3.30. The number of hydrogen-bond donors (Lipinski definition) is 1. The third-order valence-electron chi connectivity index (χ3n) is 6.85. The molecule has 0 aliphatic carbocycles. The second-order valence-corrected chi connectivity index (χ2v) is 9.07. The van der Waals surface area contributed by atoms with Gasteiger partial charge in [0.05, 0.1) is 36.4 Å². The molecule has 1 atom stereocenters. The highest BCUT2D eigenvalue weighted by Crippen LogP contribution is 2.34. The Balaban J connectivity index is 1.31. The van der Waals surface area contributed by atoms with Crippen molar-refractivity contribution in [3.8, 4) is 5.75 Å². The Bertz CT molecular complexity index is 1290. The normalized spacial score (nSPS) is 17.2. The van der Waals surface area contributed by atoms with Crippen molar-refractivity contribution < 1.29 is 19.1 Å². The Morgan fingerprint density at radius 2 is 1.86 bits per heavy atom. The zero-order chi connectivity index (χ0) is 25.1. The number of pyridine rings is 1. The van der Waals surface area contributed by atoms with Crippen molar-refractivity contribution in [3.05, 3.63) is 89.2 Å². The molecule has 3 heterocycles. The lowest BCUT2D eigenvalue weighted by Crippen LogP contribution is -2.43. The number of para-hydroxylation sites is 1. The Morgan fingerprint density at radius 1 is 1.06 bits per heavy atom. The van der Waals surface area contributed by atoms with E-state index in [9.17, 15) is 14.4 Å². The second-order valence-electron chi connectivity index (χ2n) is 9.07. The van der Waals surface area contributed by atoms with Crippen LogP contribution in [0.2, 0.25) is 0 Å². The first-order valence-corrected chi connectivity index (χ1v) is 12.1. The van der Waals surface area contributed by atoms with Gasteiger partial charge in [-0.05, 0) is 48.7 Å². The number of aromatic nitrogens is 1. The molecule has 0 radical (unpaired) electrons. The van der Waals surface area contributed by atoms with Gasteiger partial charge in [-0.25, -0.2) is 0 Å². The third-order valence-corrected chi connectivity index (χ3v) is 6.85. The van der Waals surface area contributed by atoms with Crippen LogP contribution in [0, 0.1) is 5.92 Å². The van der Waals surface area contributed by atoms with E-state index in [2.05, 4.69) is 15.2 Å². The molecule has 2 aliphatic rings. The Labute approximate surface area is 209 Å². The molecular formula is C28H28N4O4. The number of benzene rings is 2. The van der Waals surface area contributed by atoms with Crippen LogP contribution < -0.4 is 15.0 Å². The standard InChI is InChI=1S/C28H28N4O4/c1-36-24-10-3-2-6-20(24)16-30-26(33)21-7-5-15-31(18-21)23-9-4-8-22-25(23)28(35)32(27(22)34)17-19-11-13-29-14-12-19/h2-4,6,8-14,21H,5,7,15-18H2,1H3,(H,30,33)/t21-/m0/s1. The SMILES string of the molecule is COc1ccccc1CNC(=O)[C@H]1CCCN(c2cccc3c2C(=O)N(Cc2ccncc2)C3=O)C1.